The van der Waals surface area contributed by atoms with E-state index in [0.717, 1.165) is 31.5 Å². The van der Waals surface area contributed by atoms with Gasteiger partial charge in [-0.1, -0.05) is 0 Å². The van der Waals surface area contributed by atoms with E-state index in [1.807, 2.05) is 16.6 Å². The lowest BCUT2D eigenvalue weighted by molar-refractivity contribution is -0.122. The van der Waals surface area contributed by atoms with Crippen molar-refractivity contribution in [3.05, 3.63) is 5.82 Å². The SMILES string of the molecule is CN(CC(=O)NC1CC1)Cc1nnnn1C1CC1. The smallest absolute Gasteiger partial charge is 0.234 e. The predicted octanol–water partition coefficient (Wildman–Crippen LogP) is -0.282. The van der Waals surface area contributed by atoms with Gasteiger partial charge >= 0.3 is 0 Å². The second kappa shape index (κ2) is 4.64. The van der Waals surface area contributed by atoms with Crippen molar-refractivity contribution < 1.29 is 4.79 Å². The van der Waals surface area contributed by atoms with Gasteiger partial charge in [-0.15, -0.1) is 5.10 Å². The van der Waals surface area contributed by atoms with Crippen LogP contribution >= 0.6 is 0 Å². The second-order valence-electron chi connectivity index (χ2n) is 5.28. The largest absolute Gasteiger partial charge is 0.352 e. The lowest BCUT2D eigenvalue weighted by atomic mass is 10.4. The van der Waals surface area contributed by atoms with Crippen molar-refractivity contribution in [1.29, 1.82) is 0 Å². The Morgan fingerprint density at radius 3 is 2.89 bits per heavy atom. The zero-order valence-electron chi connectivity index (χ0n) is 10.5. The molecule has 98 valence electrons. The first-order valence-electron chi connectivity index (χ1n) is 6.47. The number of tetrazole rings is 1. The molecule has 0 spiro atoms. The molecule has 1 heterocycles. The van der Waals surface area contributed by atoms with Crippen molar-refractivity contribution in [2.75, 3.05) is 13.6 Å². The summed E-state index contributed by atoms with van der Waals surface area (Å²) in [7, 11) is 1.92. The monoisotopic (exact) mass is 250 g/mol. The number of likely N-dealkylation sites (N-methyl/N-ethyl adjacent to an activating group) is 1. The summed E-state index contributed by atoms with van der Waals surface area (Å²) in [5.41, 5.74) is 0. The number of hydrogen-bond acceptors (Lipinski definition) is 5. The number of hydrogen-bond donors (Lipinski definition) is 1. The minimum absolute atomic E-state index is 0.0884. The predicted molar refractivity (Wildman–Crippen MR) is 63.6 cm³/mol. The summed E-state index contributed by atoms with van der Waals surface area (Å²) in [4.78, 5) is 13.6. The molecule has 2 aliphatic rings. The van der Waals surface area contributed by atoms with Crippen LogP contribution in [0.3, 0.4) is 0 Å². The summed E-state index contributed by atoms with van der Waals surface area (Å²) in [6.45, 7) is 1.01. The quantitative estimate of drug-likeness (QED) is 0.751. The van der Waals surface area contributed by atoms with E-state index in [4.69, 9.17) is 0 Å². The van der Waals surface area contributed by atoms with Crippen molar-refractivity contribution in [2.24, 2.45) is 0 Å². The van der Waals surface area contributed by atoms with Gasteiger partial charge in [0.25, 0.3) is 0 Å². The molecule has 1 amide bonds. The number of carbonyl (C=O) groups excluding carboxylic acids is 1. The highest BCUT2D eigenvalue weighted by atomic mass is 16.2. The van der Waals surface area contributed by atoms with Gasteiger partial charge in [0.2, 0.25) is 5.91 Å². The van der Waals surface area contributed by atoms with Gasteiger partial charge in [-0.05, 0) is 43.2 Å². The minimum Gasteiger partial charge on any atom is -0.352 e. The molecule has 0 bridgehead atoms. The highest BCUT2D eigenvalue weighted by Crippen LogP contribution is 2.34. The van der Waals surface area contributed by atoms with Crippen LogP contribution in [0.4, 0.5) is 0 Å². The molecule has 1 aromatic rings. The molecule has 1 aromatic heterocycles. The van der Waals surface area contributed by atoms with Gasteiger partial charge in [-0.3, -0.25) is 9.69 Å². The van der Waals surface area contributed by atoms with Gasteiger partial charge in [0.1, 0.15) is 0 Å². The van der Waals surface area contributed by atoms with Crippen LogP contribution in [0.15, 0.2) is 0 Å². The van der Waals surface area contributed by atoms with E-state index in [9.17, 15) is 4.79 Å². The van der Waals surface area contributed by atoms with Gasteiger partial charge in [0.05, 0.1) is 19.1 Å². The van der Waals surface area contributed by atoms with Crippen LogP contribution in [0.25, 0.3) is 0 Å². The number of amides is 1. The Balaban J connectivity index is 1.51. The Hall–Kier alpha value is -1.50. The molecule has 1 N–H and O–H groups in total. The van der Waals surface area contributed by atoms with Crippen LogP contribution in [0.2, 0.25) is 0 Å². The van der Waals surface area contributed by atoms with Gasteiger partial charge in [0.15, 0.2) is 5.82 Å². The highest BCUT2D eigenvalue weighted by Gasteiger charge is 2.28. The normalized spacial score (nSPS) is 19.2. The molecular weight excluding hydrogens is 232 g/mol. The van der Waals surface area contributed by atoms with E-state index >= 15 is 0 Å². The standard InChI is InChI=1S/C11H18N6O/c1-16(7-11(18)12-8-2-3-8)6-10-13-14-15-17(10)9-4-5-9/h8-9H,2-7H2,1H3,(H,12,18). The van der Waals surface area contributed by atoms with Crippen molar-refractivity contribution in [2.45, 2.75) is 44.3 Å². The van der Waals surface area contributed by atoms with Crippen molar-refractivity contribution in [3.8, 4) is 0 Å². The van der Waals surface area contributed by atoms with E-state index in [1.54, 1.807) is 0 Å². The summed E-state index contributed by atoms with van der Waals surface area (Å²) >= 11 is 0. The molecular formula is C11H18N6O. The Labute approximate surface area is 106 Å². The van der Waals surface area contributed by atoms with Crippen LogP contribution in [-0.2, 0) is 11.3 Å². The maximum Gasteiger partial charge on any atom is 0.234 e. The molecule has 2 saturated carbocycles. The van der Waals surface area contributed by atoms with Gasteiger partial charge in [-0.25, -0.2) is 4.68 Å². The molecule has 7 nitrogen and oxygen atoms in total. The number of nitrogens with one attached hydrogen (secondary N) is 1. The van der Waals surface area contributed by atoms with E-state index in [-0.39, 0.29) is 5.91 Å². The Kier molecular flexibility index (Phi) is 2.99. The average molecular weight is 250 g/mol. The fourth-order valence-electron chi connectivity index (χ4n) is 1.96. The Bertz CT molecular complexity index is 436. The van der Waals surface area contributed by atoms with Crippen LogP contribution in [0.1, 0.15) is 37.5 Å². The number of carbonyl (C=O) groups is 1. The zero-order valence-corrected chi connectivity index (χ0v) is 10.5. The molecule has 0 aliphatic heterocycles. The molecule has 0 atom stereocenters. The fraction of sp³-hybridized carbons (Fsp3) is 0.818. The third-order valence-electron chi connectivity index (χ3n) is 3.22. The van der Waals surface area contributed by atoms with Crippen LogP contribution in [0.5, 0.6) is 0 Å². The molecule has 0 aromatic carbocycles. The fourth-order valence-corrected chi connectivity index (χ4v) is 1.96. The van der Waals surface area contributed by atoms with Crippen molar-refractivity contribution >= 4 is 5.91 Å². The molecule has 2 aliphatic carbocycles. The van der Waals surface area contributed by atoms with E-state index < -0.39 is 0 Å². The first-order chi connectivity index (χ1) is 8.72. The first-order valence-corrected chi connectivity index (χ1v) is 6.47. The third kappa shape index (κ3) is 2.84. The number of aromatic nitrogens is 4. The molecule has 18 heavy (non-hydrogen) atoms. The topological polar surface area (TPSA) is 75.9 Å². The van der Waals surface area contributed by atoms with Gasteiger partial charge in [-0.2, -0.15) is 0 Å². The molecule has 0 unspecified atom stereocenters. The second-order valence-corrected chi connectivity index (χ2v) is 5.28. The van der Waals surface area contributed by atoms with Crippen molar-refractivity contribution in [3.63, 3.8) is 0 Å². The Morgan fingerprint density at radius 2 is 2.22 bits per heavy atom. The maximum atomic E-state index is 11.7. The van der Waals surface area contributed by atoms with Crippen LogP contribution in [0, 0.1) is 0 Å². The lowest BCUT2D eigenvalue weighted by Crippen LogP contribution is -2.36. The average Bonchev–Trinajstić information content (AvgIpc) is 3.21. The molecule has 0 radical (unpaired) electrons. The third-order valence-corrected chi connectivity index (χ3v) is 3.22. The van der Waals surface area contributed by atoms with Crippen molar-refractivity contribution in [1.82, 2.24) is 30.4 Å². The van der Waals surface area contributed by atoms with E-state index in [0.29, 0.717) is 25.2 Å². The van der Waals surface area contributed by atoms with Crippen LogP contribution in [-0.4, -0.2) is 50.6 Å². The maximum absolute atomic E-state index is 11.7. The van der Waals surface area contributed by atoms with E-state index in [2.05, 4.69) is 20.8 Å². The Morgan fingerprint density at radius 1 is 1.44 bits per heavy atom. The highest BCUT2D eigenvalue weighted by molar-refractivity contribution is 5.78. The number of rotatable bonds is 6. The molecule has 2 fully saturated rings. The summed E-state index contributed by atoms with van der Waals surface area (Å²) < 4.78 is 1.88. The van der Waals surface area contributed by atoms with Gasteiger partial charge < -0.3 is 5.32 Å². The molecule has 7 heteroatoms. The summed E-state index contributed by atoms with van der Waals surface area (Å²) in [5.74, 6) is 0.935. The summed E-state index contributed by atoms with van der Waals surface area (Å²) in [6, 6.07) is 0.895. The molecule has 3 rings (SSSR count). The van der Waals surface area contributed by atoms with E-state index in [1.165, 1.54) is 0 Å². The minimum atomic E-state index is 0.0884. The lowest BCUT2D eigenvalue weighted by Gasteiger charge is -2.15. The first kappa shape index (κ1) is 11.6. The summed E-state index contributed by atoms with van der Waals surface area (Å²) in [6.07, 6.45) is 4.55. The summed E-state index contributed by atoms with van der Waals surface area (Å²) in [5, 5.41) is 14.7. The molecule has 0 saturated heterocycles. The van der Waals surface area contributed by atoms with Gasteiger partial charge in [0, 0.05) is 6.04 Å². The zero-order chi connectivity index (χ0) is 12.5. The van der Waals surface area contributed by atoms with Crippen LogP contribution < -0.4 is 5.32 Å². The number of nitrogens with zero attached hydrogens (tertiary/aromatic N) is 5.